The van der Waals surface area contributed by atoms with E-state index in [1.807, 2.05) is 23.1 Å². The molecule has 1 aromatic heterocycles. The molecule has 3 atom stereocenters. The van der Waals surface area contributed by atoms with Crippen LogP contribution in [0.1, 0.15) is 26.2 Å². The summed E-state index contributed by atoms with van der Waals surface area (Å²) in [6.45, 7) is 3.17. The molecule has 102 valence electrons. The summed E-state index contributed by atoms with van der Waals surface area (Å²) < 4.78 is 2.50. The van der Waals surface area contributed by atoms with Gasteiger partial charge >= 0.3 is 0 Å². The Labute approximate surface area is 122 Å². The molecule has 19 heavy (non-hydrogen) atoms. The molecule has 4 heteroatoms. The number of fused-ring (bicyclic) bond motifs is 1. The van der Waals surface area contributed by atoms with E-state index in [1.165, 1.54) is 28.3 Å². The van der Waals surface area contributed by atoms with E-state index in [-0.39, 0.29) is 0 Å². The third-order valence-electron chi connectivity index (χ3n) is 4.02. The zero-order chi connectivity index (χ0) is 13.2. The average molecular weight is 292 g/mol. The molecule has 0 bridgehead atoms. The predicted molar refractivity (Wildman–Crippen MR) is 84.8 cm³/mol. The van der Waals surface area contributed by atoms with Gasteiger partial charge in [-0.05, 0) is 43.4 Å². The van der Waals surface area contributed by atoms with E-state index in [4.69, 9.17) is 10.7 Å². The van der Waals surface area contributed by atoms with Gasteiger partial charge in [0.05, 0.1) is 10.2 Å². The lowest BCUT2D eigenvalue weighted by atomic mass is 9.82. The molecule has 2 nitrogen and oxygen atoms in total. The fraction of sp³-hybridized carbons (Fsp3) is 0.533. The number of nitrogens with zero attached hydrogens (tertiary/aromatic N) is 1. The van der Waals surface area contributed by atoms with Crippen molar-refractivity contribution in [1.29, 1.82) is 0 Å². The number of nitrogens with two attached hydrogens (primary N) is 1. The number of hydrogen-bond acceptors (Lipinski definition) is 4. The molecule has 3 rings (SSSR count). The lowest BCUT2D eigenvalue weighted by molar-refractivity contribution is 0.306. The summed E-state index contributed by atoms with van der Waals surface area (Å²) in [6.07, 6.45) is 3.89. The van der Waals surface area contributed by atoms with Crippen molar-refractivity contribution >= 4 is 33.3 Å². The van der Waals surface area contributed by atoms with Crippen LogP contribution in [0.3, 0.4) is 0 Å². The van der Waals surface area contributed by atoms with Crippen LogP contribution in [0.25, 0.3) is 10.2 Å². The fourth-order valence-electron chi connectivity index (χ4n) is 2.84. The minimum absolute atomic E-state index is 0.648. The Morgan fingerprint density at radius 3 is 3.00 bits per heavy atom. The maximum absolute atomic E-state index is 5.94. The number of thiazole rings is 1. The first kappa shape index (κ1) is 13.4. The van der Waals surface area contributed by atoms with Crippen LogP contribution in [0.5, 0.6) is 0 Å². The maximum Gasteiger partial charge on any atom is 0.151 e. The van der Waals surface area contributed by atoms with Crippen molar-refractivity contribution in [2.45, 2.75) is 35.8 Å². The second kappa shape index (κ2) is 5.81. The minimum atomic E-state index is 0.648. The van der Waals surface area contributed by atoms with E-state index in [9.17, 15) is 0 Å². The quantitative estimate of drug-likeness (QED) is 0.923. The molecule has 1 aliphatic rings. The van der Waals surface area contributed by atoms with Gasteiger partial charge in [0.1, 0.15) is 0 Å². The number of rotatable bonds is 3. The largest absolute Gasteiger partial charge is 0.330 e. The van der Waals surface area contributed by atoms with Gasteiger partial charge in [-0.1, -0.05) is 37.2 Å². The molecule has 1 saturated carbocycles. The third-order valence-corrected chi connectivity index (χ3v) is 6.56. The van der Waals surface area contributed by atoms with Crippen LogP contribution >= 0.6 is 23.1 Å². The van der Waals surface area contributed by atoms with Gasteiger partial charge in [-0.15, -0.1) is 11.3 Å². The number of thioether (sulfide) groups is 1. The van der Waals surface area contributed by atoms with Crippen molar-refractivity contribution in [2.75, 3.05) is 6.54 Å². The van der Waals surface area contributed by atoms with Crippen molar-refractivity contribution in [3.63, 3.8) is 0 Å². The molecule has 1 fully saturated rings. The summed E-state index contributed by atoms with van der Waals surface area (Å²) >= 11 is 3.77. The molecule has 1 aliphatic carbocycles. The molecule has 1 heterocycles. The molecular formula is C15H20N2S2. The average Bonchev–Trinajstić information content (AvgIpc) is 2.81. The van der Waals surface area contributed by atoms with Crippen LogP contribution in [0.4, 0.5) is 0 Å². The van der Waals surface area contributed by atoms with E-state index < -0.39 is 0 Å². The number of benzene rings is 1. The molecule has 1 aromatic carbocycles. The van der Waals surface area contributed by atoms with Crippen LogP contribution in [0, 0.1) is 11.8 Å². The first-order valence-corrected chi connectivity index (χ1v) is 8.68. The number of para-hydroxylation sites is 1. The topological polar surface area (TPSA) is 38.9 Å². The van der Waals surface area contributed by atoms with Gasteiger partial charge in [0.15, 0.2) is 4.34 Å². The first-order valence-electron chi connectivity index (χ1n) is 6.98. The molecule has 3 unspecified atom stereocenters. The summed E-state index contributed by atoms with van der Waals surface area (Å²) in [4.78, 5) is 4.74. The zero-order valence-corrected chi connectivity index (χ0v) is 12.8. The normalized spacial score (nSPS) is 27.8. The summed E-state index contributed by atoms with van der Waals surface area (Å²) in [5.41, 5.74) is 7.07. The standard InChI is InChI=1S/C15H20N2S2/c1-10-6-7-11(9-16)14(8-10)19-15-17-12-4-2-3-5-13(12)18-15/h2-5,10-11,14H,6-9,16H2,1H3. The Bertz CT molecular complexity index is 519. The lowest BCUT2D eigenvalue weighted by Gasteiger charge is -2.33. The Hall–Kier alpha value is -0.580. The fourth-order valence-corrected chi connectivity index (χ4v) is 5.64. The van der Waals surface area contributed by atoms with Crippen LogP contribution in [0.2, 0.25) is 0 Å². The Morgan fingerprint density at radius 2 is 2.21 bits per heavy atom. The van der Waals surface area contributed by atoms with Gasteiger partial charge in [0.2, 0.25) is 0 Å². The van der Waals surface area contributed by atoms with Crippen LogP contribution in [0.15, 0.2) is 28.6 Å². The molecular weight excluding hydrogens is 272 g/mol. The van der Waals surface area contributed by atoms with Gasteiger partial charge in [-0.3, -0.25) is 0 Å². The third kappa shape index (κ3) is 2.96. The van der Waals surface area contributed by atoms with Crippen LogP contribution in [-0.2, 0) is 0 Å². The SMILES string of the molecule is CC1CCC(CN)C(Sc2nc3ccccc3s2)C1. The van der Waals surface area contributed by atoms with E-state index in [0.717, 1.165) is 18.0 Å². The summed E-state index contributed by atoms with van der Waals surface area (Å²) in [6, 6.07) is 8.39. The van der Waals surface area contributed by atoms with Crippen molar-refractivity contribution in [3.05, 3.63) is 24.3 Å². The van der Waals surface area contributed by atoms with Crippen molar-refractivity contribution in [2.24, 2.45) is 17.6 Å². The molecule has 0 aliphatic heterocycles. The summed E-state index contributed by atoms with van der Waals surface area (Å²) in [7, 11) is 0. The molecule has 0 amide bonds. The van der Waals surface area contributed by atoms with E-state index >= 15 is 0 Å². The lowest BCUT2D eigenvalue weighted by Crippen LogP contribution is -2.31. The van der Waals surface area contributed by atoms with E-state index in [1.54, 1.807) is 0 Å². The zero-order valence-electron chi connectivity index (χ0n) is 11.2. The monoisotopic (exact) mass is 292 g/mol. The summed E-state index contributed by atoms with van der Waals surface area (Å²) in [5, 5.41) is 0.648. The second-order valence-electron chi connectivity index (χ2n) is 5.52. The highest BCUT2D eigenvalue weighted by atomic mass is 32.2. The van der Waals surface area contributed by atoms with Crippen molar-refractivity contribution < 1.29 is 0 Å². The second-order valence-corrected chi connectivity index (χ2v) is 8.03. The highest BCUT2D eigenvalue weighted by molar-refractivity contribution is 8.01. The first-order chi connectivity index (χ1) is 9.26. The van der Waals surface area contributed by atoms with Gasteiger partial charge < -0.3 is 5.73 Å². The molecule has 0 radical (unpaired) electrons. The molecule has 0 spiro atoms. The van der Waals surface area contributed by atoms with Gasteiger partial charge in [-0.2, -0.15) is 0 Å². The molecule has 0 saturated heterocycles. The van der Waals surface area contributed by atoms with Gasteiger partial charge in [0, 0.05) is 5.25 Å². The van der Waals surface area contributed by atoms with Gasteiger partial charge in [0.25, 0.3) is 0 Å². The highest BCUT2D eigenvalue weighted by Crippen LogP contribution is 2.41. The minimum Gasteiger partial charge on any atom is -0.330 e. The Balaban J connectivity index is 1.78. The highest BCUT2D eigenvalue weighted by Gasteiger charge is 2.29. The maximum atomic E-state index is 5.94. The molecule has 2 aromatic rings. The van der Waals surface area contributed by atoms with Crippen LogP contribution in [-0.4, -0.2) is 16.8 Å². The van der Waals surface area contributed by atoms with E-state index in [2.05, 4.69) is 31.2 Å². The van der Waals surface area contributed by atoms with E-state index in [0.29, 0.717) is 11.2 Å². The Morgan fingerprint density at radius 1 is 1.37 bits per heavy atom. The number of aromatic nitrogens is 1. The number of hydrogen-bond donors (Lipinski definition) is 1. The van der Waals surface area contributed by atoms with Crippen molar-refractivity contribution in [3.8, 4) is 0 Å². The predicted octanol–water partition coefficient (Wildman–Crippen LogP) is 4.15. The Kier molecular flexibility index (Phi) is 4.10. The van der Waals surface area contributed by atoms with Crippen molar-refractivity contribution in [1.82, 2.24) is 4.98 Å². The smallest absolute Gasteiger partial charge is 0.151 e. The van der Waals surface area contributed by atoms with Crippen LogP contribution < -0.4 is 5.73 Å². The summed E-state index contributed by atoms with van der Waals surface area (Å²) in [5.74, 6) is 1.49. The molecule has 2 N–H and O–H groups in total. The van der Waals surface area contributed by atoms with Gasteiger partial charge in [-0.25, -0.2) is 4.98 Å².